The van der Waals surface area contributed by atoms with Gasteiger partial charge in [-0.05, 0) is 31.9 Å². The highest BCUT2D eigenvalue weighted by Crippen LogP contribution is 2.25. The summed E-state index contributed by atoms with van der Waals surface area (Å²) in [6, 6.07) is 10.0. The van der Waals surface area contributed by atoms with E-state index >= 15 is 0 Å². The first-order valence-electron chi connectivity index (χ1n) is 5.03. The van der Waals surface area contributed by atoms with Crippen molar-refractivity contribution >= 4 is 18.0 Å². The second-order valence-electron chi connectivity index (χ2n) is 3.60. The first-order valence-corrected chi connectivity index (χ1v) is 5.91. The number of hydrogen-bond acceptors (Lipinski definition) is 2. The summed E-state index contributed by atoms with van der Waals surface area (Å²) in [5.74, 6) is 0. The van der Waals surface area contributed by atoms with E-state index in [9.17, 15) is 4.79 Å². The van der Waals surface area contributed by atoms with Gasteiger partial charge in [-0.2, -0.15) is 0 Å². The smallest absolute Gasteiger partial charge is 0.133 e. The zero-order valence-electron chi connectivity index (χ0n) is 8.98. The molecule has 0 radical (unpaired) electrons. The van der Waals surface area contributed by atoms with Gasteiger partial charge in [0.05, 0.1) is 5.25 Å². The number of hydrogen-bond donors (Lipinski definition) is 0. The van der Waals surface area contributed by atoms with E-state index in [1.54, 1.807) is 11.8 Å². The first-order chi connectivity index (χ1) is 7.22. The van der Waals surface area contributed by atoms with Gasteiger partial charge in [-0.15, -0.1) is 18.3 Å². The van der Waals surface area contributed by atoms with Crippen LogP contribution in [0.1, 0.15) is 19.8 Å². The van der Waals surface area contributed by atoms with Crippen LogP contribution in [0.3, 0.4) is 0 Å². The molecule has 1 unspecified atom stereocenters. The Balaban J connectivity index is 2.47. The molecular formula is C13H16OS. The highest BCUT2D eigenvalue weighted by atomic mass is 32.2. The molecule has 2 heteroatoms. The molecule has 1 atom stereocenters. The Morgan fingerprint density at radius 1 is 1.47 bits per heavy atom. The summed E-state index contributed by atoms with van der Waals surface area (Å²) in [7, 11) is 0. The second-order valence-corrected chi connectivity index (χ2v) is 4.91. The lowest BCUT2D eigenvalue weighted by Gasteiger charge is -2.09. The zero-order chi connectivity index (χ0) is 11.1. The van der Waals surface area contributed by atoms with Crippen molar-refractivity contribution in [2.45, 2.75) is 29.9 Å². The molecule has 0 aliphatic heterocycles. The van der Waals surface area contributed by atoms with Gasteiger partial charge in [-0.1, -0.05) is 23.8 Å². The van der Waals surface area contributed by atoms with E-state index in [4.69, 9.17) is 0 Å². The van der Waals surface area contributed by atoms with Crippen LogP contribution in [0.5, 0.6) is 0 Å². The molecule has 0 saturated heterocycles. The van der Waals surface area contributed by atoms with Gasteiger partial charge in [0.15, 0.2) is 0 Å². The topological polar surface area (TPSA) is 17.1 Å². The fourth-order valence-corrected chi connectivity index (χ4v) is 2.17. The SMILES string of the molecule is C=C(C)CCC(C=O)Sc1ccccc1. The lowest BCUT2D eigenvalue weighted by molar-refractivity contribution is -0.107. The van der Waals surface area contributed by atoms with Crippen LogP contribution in [-0.2, 0) is 4.79 Å². The van der Waals surface area contributed by atoms with Gasteiger partial charge in [-0.25, -0.2) is 0 Å². The fraction of sp³-hybridized carbons (Fsp3) is 0.308. The van der Waals surface area contributed by atoms with Crippen molar-refractivity contribution < 1.29 is 4.79 Å². The van der Waals surface area contributed by atoms with Crippen LogP contribution in [0, 0.1) is 0 Å². The van der Waals surface area contributed by atoms with E-state index in [0.717, 1.165) is 29.6 Å². The molecule has 80 valence electrons. The van der Waals surface area contributed by atoms with Crippen LogP contribution in [0.4, 0.5) is 0 Å². The van der Waals surface area contributed by atoms with Gasteiger partial charge in [-0.3, -0.25) is 0 Å². The molecule has 0 heterocycles. The molecule has 0 aliphatic rings. The number of carbonyl (C=O) groups excluding carboxylic acids is 1. The van der Waals surface area contributed by atoms with Crippen molar-refractivity contribution in [3.8, 4) is 0 Å². The molecule has 1 aromatic carbocycles. The minimum absolute atomic E-state index is 0.0455. The maximum atomic E-state index is 10.9. The molecule has 0 amide bonds. The number of carbonyl (C=O) groups is 1. The first kappa shape index (κ1) is 12.1. The van der Waals surface area contributed by atoms with Crippen LogP contribution >= 0.6 is 11.8 Å². The van der Waals surface area contributed by atoms with E-state index < -0.39 is 0 Å². The number of thioether (sulfide) groups is 1. The maximum absolute atomic E-state index is 10.9. The normalized spacial score (nSPS) is 12.1. The molecule has 0 saturated carbocycles. The Labute approximate surface area is 95.6 Å². The lowest BCUT2D eigenvalue weighted by Crippen LogP contribution is -2.03. The molecular weight excluding hydrogens is 204 g/mol. The van der Waals surface area contributed by atoms with Gasteiger partial charge in [0, 0.05) is 4.90 Å². The molecule has 0 fully saturated rings. The molecule has 0 bridgehead atoms. The summed E-state index contributed by atoms with van der Waals surface area (Å²) >= 11 is 1.62. The standard InChI is InChI=1S/C13H16OS/c1-11(2)8-9-13(10-14)15-12-6-4-3-5-7-12/h3-7,10,13H,1,8-9H2,2H3. The summed E-state index contributed by atoms with van der Waals surface area (Å²) in [6.07, 6.45) is 2.82. The minimum atomic E-state index is 0.0455. The van der Waals surface area contributed by atoms with E-state index in [1.165, 1.54) is 0 Å². The predicted molar refractivity (Wildman–Crippen MR) is 66.2 cm³/mol. The van der Waals surface area contributed by atoms with Crippen molar-refractivity contribution in [2.75, 3.05) is 0 Å². The Bertz CT molecular complexity index is 319. The Morgan fingerprint density at radius 2 is 2.13 bits per heavy atom. The van der Waals surface area contributed by atoms with E-state index in [1.807, 2.05) is 37.3 Å². The van der Waals surface area contributed by atoms with E-state index in [0.29, 0.717) is 0 Å². The van der Waals surface area contributed by atoms with E-state index in [-0.39, 0.29) is 5.25 Å². The Morgan fingerprint density at radius 3 is 2.67 bits per heavy atom. The summed E-state index contributed by atoms with van der Waals surface area (Å²) in [5, 5.41) is 0.0455. The molecule has 0 N–H and O–H groups in total. The van der Waals surface area contributed by atoms with E-state index in [2.05, 4.69) is 6.58 Å². The van der Waals surface area contributed by atoms with Crippen molar-refractivity contribution in [2.24, 2.45) is 0 Å². The number of rotatable bonds is 6. The maximum Gasteiger partial charge on any atom is 0.133 e. The van der Waals surface area contributed by atoms with Crippen LogP contribution in [0.25, 0.3) is 0 Å². The summed E-state index contributed by atoms with van der Waals surface area (Å²) in [6.45, 7) is 5.84. The average Bonchev–Trinajstić information content (AvgIpc) is 2.25. The molecule has 0 aliphatic carbocycles. The van der Waals surface area contributed by atoms with Gasteiger partial charge in [0.2, 0.25) is 0 Å². The lowest BCUT2D eigenvalue weighted by atomic mass is 10.1. The number of allylic oxidation sites excluding steroid dienone is 1. The summed E-state index contributed by atoms with van der Waals surface area (Å²) < 4.78 is 0. The Kier molecular flexibility index (Phi) is 5.19. The van der Waals surface area contributed by atoms with Crippen molar-refractivity contribution in [3.05, 3.63) is 42.5 Å². The average molecular weight is 220 g/mol. The largest absolute Gasteiger partial charge is 0.302 e. The molecule has 1 nitrogen and oxygen atoms in total. The zero-order valence-corrected chi connectivity index (χ0v) is 9.80. The quantitative estimate of drug-likeness (QED) is 0.413. The van der Waals surface area contributed by atoms with Crippen LogP contribution in [-0.4, -0.2) is 11.5 Å². The van der Waals surface area contributed by atoms with Gasteiger partial charge < -0.3 is 4.79 Å². The van der Waals surface area contributed by atoms with Gasteiger partial charge in [0.25, 0.3) is 0 Å². The molecule has 1 aromatic rings. The van der Waals surface area contributed by atoms with Crippen molar-refractivity contribution in [3.63, 3.8) is 0 Å². The monoisotopic (exact) mass is 220 g/mol. The number of aldehydes is 1. The van der Waals surface area contributed by atoms with Crippen LogP contribution < -0.4 is 0 Å². The van der Waals surface area contributed by atoms with Crippen molar-refractivity contribution in [1.29, 1.82) is 0 Å². The second kappa shape index (κ2) is 6.46. The Hall–Kier alpha value is -1.02. The molecule has 15 heavy (non-hydrogen) atoms. The molecule has 1 rings (SSSR count). The molecule has 0 spiro atoms. The van der Waals surface area contributed by atoms with Gasteiger partial charge in [0.1, 0.15) is 6.29 Å². The van der Waals surface area contributed by atoms with Crippen LogP contribution in [0.2, 0.25) is 0 Å². The highest BCUT2D eigenvalue weighted by Gasteiger charge is 2.08. The highest BCUT2D eigenvalue weighted by molar-refractivity contribution is 8.00. The summed E-state index contributed by atoms with van der Waals surface area (Å²) in [4.78, 5) is 12.0. The van der Waals surface area contributed by atoms with Crippen molar-refractivity contribution in [1.82, 2.24) is 0 Å². The third-order valence-corrected chi connectivity index (χ3v) is 3.23. The van der Waals surface area contributed by atoms with Crippen LogP contribution in [0.15, 0.2) is 47.4 Å². The van der Waals surface area contributed by atoms with Gasteiger partial charge >= 0.3 is 0 Å². The summed E-state index contributed by atoms with van der Waals surface area (Å²) in [5.41, 5.74) is 1.13. The third-order valence-electron chi connectivity index (χ3n) is 2.04. The minimum Gasteiger partial charge on any atom is -0.302 e. The predicted octanol–water partition coefficient (Wildman–Crippen LogP) is 3.70. The number of benzene rings is 1. The molecule has 0 aromatic heterocycles. The third kappa shape index (κ3) is 4.84. The fourth-order valence-electron chi connectivity index (χ4n) is 1.22.